The molecule has 1 N–H and O–H groups in total. The molecule has 0 spiro atoms. The van der Waals surface area contributed by atoms with Gasteiger partial charge in [0.1, 0.15) is 5.75 Å². The first-order valence-electron chi connectivity index (χ1n) is 10.3. The zero-order valence-corrected chi connectivity index (χ0v) is 17.7. The highest BCUT2D eigenvalue weighted by Gasteiger charge is 2.09. The molecule has 0 atom stereocenters. The molecule has 0 unspecified atom stereocenters. The van der Waals surface area contributed by atoms with Crippen molar-refractivity contribution >= 4 is 5.91 Å². The number of aryl methyl sites for hydroxylation is 1. The first-order chi connectivity index (χ1) is 13.5. The summed E-state index contributed by atoms with van der Waals surface area (Å²) in [6.45, 7) is 11.9. The van der Waals surface area contributed by atoms with Gasteiger partial charge in [0.2, 0.25) is 0 Å². The van der Waals surface area contributed by atoms with Crippen molar-refractivity contribution in [1.82, 2.24) is 10.2 Å². The number of hydrogen-bond acceptors (Lipinski definition) is 3. The third-order valence-electron chi connectivity index (χ3n) is 4.88. The van der Waals surface area contributed by atoms with E-state index in [-0.39, 0.29) is 5.91 Å². The van der Waals surface area contributed by atoms with E-state index < -0.39 is 0 Å². The SMILES string of the molecule is CCN(Cc1ccc(C(=O)NCCCCOc2ccc(C)cc2)cc1)C(C)C. The van der Waals surface area contributed by atoms with Gasteiger partial charge in [-0.3, -0.25) is 9.69 Å². The smallest absolute Gasteiger partial charge is 0.251 e. The molecule has 0 saturated heterocycles. The third kappa shape index (κ3) is 7.35. The van der Waals surface area contributed by atoms with E-state index in [2.05, 4.69) is 50.0 Å². The lowest BCUT2D eigenvalue weighted by Gasteiger charge is -2.24. The molecule has 0 bridgehead atoms. The van der Waals surface area contributed by atoms with Gasteiger partial charge in [-0.2, -0.15) is 0 Å². The van der Waals surface area contributed by atoms with Gasteiger partial charge >= 0.3 is 0 Å². The fraction of sp³-hybridized carbons (Fsp3) is 0.458. The molecule has 1 amide bonds. The van der Waals surface area contributed by atoms with E-state index in [1.54, 1.807) is 0 Å². The maximum absolute atomic E-state index is 12.3. The Hall–Kier alpha value is -2.33. The zero-order chi connectivity index (χ0) is 20.4. The molecule has 0 heterocycles. The fourth-order valence-electron chi connectivity index (χ4n) is 3.01. The molecule has 0 radical (unpaired) electrons. The first kappa shape index (κ1) is 22.0. The van der Waals surface area contributed by atoms with Gasteiger partial charge < -0.3 is 10.1 Å². The molecule has 0 aromatic heterocycles. The Morgan fingerprint density at radius 2 is 1.71 bits per heavy atom. The Kier molecular flexibility index (Phi) is 9.02. The van der Waals surface area contributed by atoms with E-state index in [1.165, 1.54) is 11.1 Å². The number of nitrogens with zero attached hydrogens (tertiary/aromatic N) is 1. The number of carbonyl (C=O) groups is 1. The lowest BCUT2D eigenvalue weighted by molar-refractivity contribution is 0.0952. The van der Waals surface area contributed by atoms with Crippen molar-refractivity contribution in [3.8, 4) is 5.75 Å². The number of ether oxygens (including phenoxy) is 1. The Bertz CT molecular complexity index is 708. The predicted octanol–water partition coefficient (Wildman–Crippen LogP) is 4.81. The zero-order valence-electron chi connectivity index (χ0n) is 17.7. The second-order valence-electron chi connectivity index (χ2n) is 7.48. The van der Waals surface area contributed by atoms with Crippen LogP contribution in [0.2, 0.25) is 0 Å². The summed E-state index contributed by atoms with van der Waals surface area (Å²) in [5, 5.41) is 2.99. The molecule has 4 nitrogen and oxygen atoms in total. The molecular weight excluding hydrogens is 348 g/mol. The number of hydrogen-bond donors (Lipinski definition) is 1. The molecule has 2 rings (SSSR count). The highest BCUT2D eigenvalue weighted by atomic mass is 16.5. The van der Waals surface area contributed by atoms with Crippen LogP contribution in [0.3, 0.4) is 0 Å². The summed E-state index contributed by atoms with van der Waals surface area (Å²) in [7, 11) is 0. The van der Waals surface area contributed by atoms with Crippen LogP contribution in [0.25, 0.3) is 0 Å². The summed E-state index contributed by atoms with van der Waals surface area (Å²) >= 11 is 0. The predicted molar refractivity (Wildman–Crippen MR) is 116 cm³/mol. The number of unbranched alkanes of at least 4 members (excludes halogenated alkanes) is 1. The van der Waals surface area contributed by atoms with Gasteiger partial charge in [0.05, 0.1) is 6.61 Å². The molecule has 2 aromatic rings. The topological polar surface area (TPSA) is 41.6 Å². The quantitative estimate of drug-likeness (QED) is 0.567. The minimum Gasteiger partial charge on any atom is -0.494 e. The number of nitrogens with one attached hydrogen (secondary N) is 1. The van der Waals surface area contributed by atoms with Crippen LogP contribution in [-0.4, -0.2) is 36.5 Å². The number of rotatable bonds is 11. The van der Waals surface area contributed by atoms with Gasteiger partial charge in [0, 0.05) is 24.7 Å². The van der Waals surface area contributed by atoms with Crippen LogP contribution >= 0.6 is 0 Å². The summed E-state index contributed by atoms with van der Waals surface area (Å²) < 4.78 is 5.71. The maximum Gasteiger partial charge on any atom is 0.251 e. The fourth-order valence-corrected chi connectivity index (χ4v) is 3.01. The van der Waals surface area contributed by atoms with Crippen molar-refractivity contribution < 1.29 is 9.53 Å². The van der Waals surface area contributed by atoms with Crippen molar-refractivity contribution in [3.05, 3.63) is 65.2 Å². The summed E-state index contributed by atoms with van der Waals surface area (Å²) in [6.07, 6.45) is 1.81. The van der Waals surface area contributed by atoms with E-state index >= 15 is 0 Å². The summed E-state index contributed by atoms with van der Waals surface area (Å²) in [4.78, 5) is 14.7. The molecule has 0 saturated carbocycles. The molecule has 0 aliphatic rings. The average molecular weight is 383 g/mol. The van der Waals surface area contributed by atoms with Crippen molar-refractivity contribution in [2.24, 2.45) is 0 Å². The van der Waals surface area contributed by atoms with Gasteiger partial charge in [0.25, 0.3) is 5.91 Å². The maximum atomic E-state index is 12.3. The van der Waals surface area contributed by atoms with E-state index in [0.717, 1.165) is 31.7 Å². The number of amides is 1. The normalized spacial score (nSPS) is 11.1. The van der Waals surface area contributed by atoms with E-state index in [1.807, 2.05) is 36.4 Å². The van der Waals surface area contributed by atoms with Gasteiger partial charge in [-0.05, 0) is 70.0 Å². The van der Waals surface area contributed by atoms with Crippen LogP contribution < -0.4 is 10.1 Å². The van der Waals surface area contributed by atoms with Gasteiger partial charge in [0.15, 0.2) is 0 Å². The highest BCUT2D eigenvalue weighted by Crippen LogP contribution is 2.12. The van der Waals surface area contributed by atoms with E-state index in [4.69, 9.17) is 4.74 Å². The van der Waals surface area contributed by atoms with Gasteiger partial charge in [-0.25, -0.2) is 0 Å². The van der Waals surface area contributed by atoms with E-state index in [9.17, 15) is 4.79 Å². The molecule has 2 aromatic carbocycles. The molecule has 0 aliphatic carbocycles. The molecule has 152 valence electrons. The number of carbonyl (C=O) groups excluding carboxylic acids is 1. The van der Waals surface area contributed by atoms with E-state index in [0.29, 0.717) is 24.8 Å². The Morgan fingerprint density at radius 1 is 1.04 bits per heavy atom. The lowest BCUT2D eigenvalue weighted by Crippen LogP contribution is -2.30. The van der Waals surface area contributed by atoms with Crippen molar-refractivity contribution in [2.45, 2.75) is 53.1 Å². The van der Waals surface area contributed by atoms with Crippen molar-refractivity contribution in [2.75, 3.05) is 19.7 Å². The average Bonchev–Trinajstić information content (AvgIpc) is 2.70. The lowest BCUT2D eigenvalue weighted by atomic mass is 10.1. The van der Waals surface area contributed by atoms with Crippen LogP contribution in [0.1, 0.15) is 55.1 Å². The first-order valence-corrected chi connectivity index (χ1v) is 10.3. The summed E-state index contributed by atoms with van der Waals surface area (Å²) in [5.74, 6) is 0.885. The minimum absolute atomic E-state index is 0.0118. The van der Waals surface area contributed by atoms with Crippen LogP contribution in [0.15, 0.2) is 48.5 Å². The molecule has 28 heavy (non-hydrogen) atoms. The van der Waals surface area contributed by atoms with Crippen LogP contribution in [0, 0.1) is 6.92 Å². The monoisotopic (exact) mass is 382 g/mol. The molecule has 0 aliphatic heterocycles. The second-order valence-corrected chi connectivity index (χ2v) is 7.48. The van der Waals surface area contributed by atoms with Gasteiger partial charge in [-0.1, -0.05) is 36.8 Å². The standard InChI is InChI=1S/C24H34N2O2/c1-5-26(19(2)3)18-21-10-12-22(13-11-21)24(27)25-16-6-7-17-28-23-14-8-20(4)9-15-23/h8-15,19H,5-7,16-18H2,1-4H3,(H,25,27). The van der Waals surface area contributed by atoms with Crippen molar-refractivity contribution in [1.29, 1.82) is 0 Å². The van der Waals surface area contributed by atoms with Crippen LogP contribution in [0.4, 0.5) is 0 Å². The van der Waals surface area contributed by atoms with Crippen LogP contribution in [-0.2, 0) is 6.54 Å². The summed E-state index contributed by atoms with van der Waals surface area (Å²) in [6, 6.07) is 16.5. The number of benzene rings is 2. The Morgan fingerprint density at radius 3 is 2.32 bits per heavy atom. The third-order valence-corrected chi connectivity index (χ3v) is 4.88. The molecule has 0 fully saturated rings. The van der Waals surface area contributed by atoms with Gasteiger partial charge in [-0.15, -0.1) is 0 Å². The highest BCUT2D eigenvalue weighted by molar-refractivity contribution is 5.94. The summed E-state index contributed by atoms with van der Waals surface area (Å²) in [5.41, 5.74) is 3.18. The molecular formula is C24H34N2O2. The Labute approximate surface area is 169 Å². The largest absolute Gasteiger partial charge is 0.494 e. The van der Waals surface area contributed by atoms with Crippen LogP contribution in [0.5, 0.6) is 5.75 Å². The molecule has 4 heteroatoms. The Balaban J connectivity index is 1.66. The minimum atomic E-state index is -0.0118. The second kappa shape index (κ2) is 11.5. The van der Waals surface area contributed by atoms with Crippen molar-refractivity contribution in [3.63, 3.8) is 0 Å².